The fraction of sp³-hybridized carbons (Fsp3) is 0.125. The summed E-state index contributed by atoms with van der Waals surface area (Å²) in [7, 11) is 0. The van der Waals surface area contributed by atoms with Gasteiger partial charge >= 0.3 is 12.1 Å². The van der Waals surface area contributed by atoms with Crippen LogP contribution in [0, 0.1) is 0 Å². The molecule has 0 radical (unpaired) electrons. The summed E-state index contributed by atoms with van der Waals surface area (Å²) < 4.78 is 40.9. The number of aromatic nitrogens is 1. The average Bonchev–Trinajstić information content (AvgIpc) is 3.13. The van der Waals surface area contributed by atoms with Gasteiger partial charge in [-0.15, -0.1) is 0 Å². The van der Waals surface area contributed by atoms with E-state index in [1.807, 2.05) is 59.2 Å². The van der Waals surface area contributed by atoms with Crippen LogP contribution in [0.25, 0.3) is 16.6 Å². The molecule has 158 valence electrons. The van der Waals surface area contributed by atoms with Gasteiger partial charge in [0.25, 0.3) is 0 Å². The molecule has 1 unspecified atom stereocenters. The molecule has 1 atom stereocenters. The van der Waals surface area contributed by atoms with Crippen molar-refractivity contribution in [3.8, 4) is 5.69 Å². The van der Waals surface area contributed by atoms with Gasteiger partial charge in [-0.05, 0) is 29.8 Å². The number of halogens is 3. The number of alkyl halides is 3. The fourth-order valence-corrected chi connectivity index (χ4v) is 3.65. The summed E-state index contributed by atoms with van der Waals surface area (Å²) in [5.74, 6) is -1.11. The maximum Gasteiger partial charge on any atom is 0.416 e. The molecule has 0 bridgehead atoms. The Hall–Kier alpha value is -3.58. The van der Waals surface area contributed by atoms with Crippen molar-refractivity contribution in [3.63, 3.8) is 0 Å². The molecule has 0 aliphatic rings. The number of nitrogens with zero attached hydrogens (tertiary/aromatic N) is 1. The minimum Gasteiger partial charge on any atom is -0.480 e. The number of carboxylic acid groups (broad SMARTS) is 1. The molecular formula is C24H19F3N2O2. The van der Waals surface area contributed by atoms with E-state index < -0.39 is 23.8 Å². The monoisotopic (exact) mass is 424 g/mol. The summed E-state index contributed by atoms with van der Waals surface area (Å²) in [6, 6.07) is 20.7. The van der Waals surface area contributed by atoms with E-state index in [0.717, 1.165) is 28.7 Å². The number of carbonyl (C=O) groups is 1. The largest absolute Gasteiger partial charge is 0.480 e. The van der Waals surface area contributed by atoms with Crippen LogP contribution in [-0.4, -0.2) is 15.6 Å². The molecule has 3 aromatic carbocycles. The van der Waals surface area contributed by atoms with Gasteiger partial charge in [0.15, 0.2) is 0 Å². The zero-order valence-corrected chi connectivity index (χ0v) is 16.3. The van der Waals surface area contributed by atoms with Gasteiger partial charge in [0.05, 0.1) is 11.1 Å². The van der Waals surface area contributed by atoms with E-state index in [1.165, 1.54) is 12.1 Å². The number of nitrogens with one attached hydrogen (secondary N) is 1. The highest BCUT2D eigenvalue weighted by Crippen LogP contribution is 2.31. The van der Waals surface area contributed by atoms with Crippen LogP contribution < -0.4 is 5.32 Å². The highest BCUT2D eigenvalue weighted by Gasteiger charge is 2.30. The maximum atomic E-state index is 13.0. The summed E-state index contributed by atoms with van der Waals surface area (Å²) in [5.41, 5.74) is 1.86. The van der Waals surface area contributed by atoms with Crippen LogP contribution in [0.4, 0.5) is 13.2 Å². The number of benzene rings is 3. The molecule has 0 fully saturated rings. The van der Waals surface area contributed by atoms with Crippen LogP contribution in [0.5, 0.6) is 0 Å². The van der Waals surface area contributed by atoms with Crippen molar-refractivity contribution in [1.82, 2.24) is 9.88 Å². The van der Waals surface area contributed by atoms with Gasteiger partial charge in [0, 0.05) is 29.4 Å². The summed E-state index contributed by atoms with van der Waals surface area (Å²) in [5, 5.41) is 13.5. The van der Waals surface area contributed by atoms with Crippen molar-refractivity contribution in [3.05, 3.63) is 102 Å². The number of fused-ring (bicyclic) bond motifs is 1. The lowest BCUT2D eigenvalue weighted by Gasteiger charge is -2.15. The molecule has 0 saturated heterocycles. The van der Waals surface area contributed by atoms with Gasteiger partial charge in [-0.3, -0.25) is 10.1 Å². The molecule has 1 heterocycles. The van der Waals surface area contributed by atoms with Gasteiger partial charge < -0.3 is 9.67 Å². The molecule has 2 N–H and O–H groups in total. The van der Waals surface area contributed by atoms with E-state index in [4.69, 9.17) is 0 Å². The molecule has 4 nitrogen and oxygen atoms in total. The molecular weight excluding hydrogens is 405 g/mol. The molecule has 0 spiro atoms. The van der Waals surface area contributed by atoms with Crippen molar-refractivity contribution < 1.29 is 23.1 Å². The zero-order chi connectivity index (χ0) is 22.0. The van der Waals surface area contributed by atoms with Crippen LogP contribution in [0.2, 0.25) is 0 Å². The number of carboxylic acids is 1. The Morgan fingerprint density at radius 3 is 2.39 bits per heavy atom. The summed E-state index contributed by atoms with van der Waals surface area (Å²) >= 11 is 0. The average molecular weight is 424 g/mol. The second-order valence-electron chi connectivity index (χ2n) is 7.16. The predicted octanol–water partition coefficient (Wildman–Crippen LogP) is 5.56. The van der Waals surface area contributed by atoms with Crippen molar-refractivity contribution in [1.29, 1.82) is 0 Å². The Morgan fingerprint density at radius 1 is 0.968 bits per heavy atom. The van der Waals surface area contributed by atoms with Gasteiger partial charge in [0.2, 0.25) is 0 Å². The lowest BCUT2D eigenvalue weighted by atomic mass is 10.0. The summed E-state index contributed by atoms with van der Waals surface area (Å²) in [6.45, 7) is -0.0221. The smallest absolute Gasteiger partial charge is 0.416 e. The number of para-hydroxylation sites is 2. The molecule has 4 rings (SSSR count). The van der Waals surface area contributed by atoms with Gasteiger partial charge in [-0.1, -0.05) is 54.6 Å². The summed E-state index contributed by atoms with van der Waals surface area (Å²) in [6.07, 6.45) is -2.69. The topological polar surface area (TPSA) is 54.3 Å². The number of aliphatic carboxylic acids is 1. The second-order valence-corrected chi connectivity index (χ2v) is 7.16. The minimum atomic E-state index is -4.45. The number of hydrogen-bond acceptors (Lipinski definition) is 2. The molecule has 4 aromatic rings. The van der Waals surface area contributed by atoms with Crippen molar-refractivity contribution >= 4 is 16.9 Å². The second kappa shape index (κ2) is 8.28. The Balaban J connectivity index is 1.69. The van der Waals surface area contributed by atoms with Crippen molar-refractivity contribution in [2.75, 3.05) is 0 Å². The van der Waals surface area contributed by atoms with E-state index >= 15 is 0 Å². The fourth-order valence-electron chi connectivity index (χ4n) is 3.65. The molecule has 0 amide bonds. The molecule has 1 aromatic heterocycles. The lowest BCUT2D eigenvalue weighted by Crippen LogP contribution is -2.28. The molecule has 31 heavy (non-hydrogen) atoms. The van der Waals surface area contributed by atoms with Crippen molar-refractivity contribution in [2.24, 2.45) is 0 Å². The van der Waals surface area contributed by atoms with E-state index in [1.54, 1.807) is 6.20 Å². The third-order valence-electron chi connectivity index (χ3n) is 5.10. The third-order valence-corrected chi connectivity index (χ3v) is 5.10. The van der Waals surface area contributed by atoms with Crippen LogP contribution >= 0.6 is 0 Å². The van der Waals surface area contributed by atoms with Crippen molar-refractivity contribution in [2.45, 2.75) is 18.8 Å². The summed E-state index contributed by atoms with van der Waals surface area (Å²) in [4.78, 5) is 12.1. The van der Waals surface area contributed by atoms with E-state index in [2.05, 4.69) is 5.32 Å². The lowest BCUT2D eigenvalue weighted by molar-refractivity contribution is -0.140. The van der Waals surface area contributed by atoms with E-state index in [9.17, 15) is 23.1 Å². The van der Waals surface area contributed by atoms with Crippen LogP contribution in [0.15, 0.2) is 85.1 Å². The normalized spacial score (nSPS) is 12.7. The zero-order valence-electron chi connectivity index (χ0n) is 16.3. The SMILES string of the molecule is O=C(O)C(NCc1cccc(C(F)(F)F)c1)c1cn(-c2ccccc2)c2ccccc12. The van der Waals surface area contributed by atoms with Gasteiger partial charge in [-0.2, -0.15) is 13.2 Å². The predicted molar refractivity (Wildman–Crippen MR) is 112 cm³/mol. The van der Waals surface area contributed by atoms with Gasteiger partial charge in [-0.25, -0.2) is 0 Å². The third kappa shape index (κ3) is 4.32. The first-order chi connectivity index (χ1) is 14.8. The first kappa shape index (κ1) is 20.7. The Morgan fingerprint density at radius 2 is 1.68 bits per heavy atom. The molecule has 0 saturated carbocycles. The van der Waals surface area contributed by atoms with Crippen LogP contribution in [0.3, 0.4) is 0 Å². The quantitative estimate of drug-likeness (QED) is 0.426. The Labute approximate surface area is 176 Å². The first-order valence-corrected chi connectivity index (χ1v) is 9.62. The molecule has 7 heteroatoms. The Bertz CT molecular complexity index is 1220. The van der Waals surface area contributed by atoms with Crippen LogP contribution in [-0.2, 0) is 17.5 Å². The van der Waals surface area contributed by atoms with Crippen LogP contribution in [0.1, 0.15) is 22.7 Å². The van der Waals surface area contributed by atoms with Gasteiger partial charge in [0.1, 0.15) is 6.04 Å². The first-order valence-electron chi connectivity index (χ1n) is 9.62. The number of hydrogen-bond donors (Lipinski definition) is 2. The minimum absolute atomic E-state index is 0.0221. The standard InChI is InChI=1S/C24H19F3N2O2/c25-24(26,27)17-8-6-7-16(13-17)14-28-22(23(30)31)20-15-29(18-9-2-1-3-10-18)21-12-5-4-11-19(20)21/h1-13,15,22,28H,14H2,(H,30,31). The Kier molecular flexibility index (Phi) is 5.52. The highest BCUT2D eigenvalue weighted by molar-refractivity contribution is 5.90. The maximum absolute atomic E-state index is 13.0. The number of rotatable bonds is 6. The highest BCUT2D eigenvalue weighted by atomic mass is 19.4. The molecule has 0 aliphatic heterocycles. The molecule has 0 aliphatic carbocycles. The van der Waals surface area contributed by atoms with E-state index in [-0.39, 0.29) is 6.54 Å². The van der Waals surface area contributed by atoms with E-state index in [0.29, 0.717) is 11.1 Å².